The van der Waals surface area contributed by atoms with Gasteiger partial charge in [-0.15, -0.1) is 0 Å². The predicted molar refractivity (Wildman–Crippen MR) is 84.7 cm³/mol. The first-order valence-electron chi connectivity index (χ1n) is 6.66. The first-order chi connectivity index (χ1) is 10.3. The molecule has 0 saturated carbocycles. The number of aromatic nitrogens is 1. The Balaban J connectivity index is 1.48. The molecule has 1 aliphatic rings. The number of thiocarbonyl (C=S) groups is 1. The monoisotopic (exact) mass is 301 g/mol. The molecule has 3 rings (SSSR count). The normalized spacial score (nSPS) is 12.0. The molecule has 1 aliphatic heterocycles. The van der Waals surface area contributed by atoms with Crippen molar-refractivity contribution >= 4 is 23.0 Å². The van der Waals surface area contributed by atoms with E-state index in [1.165, 1.54) is 0 Å². The molecule has 2 aromatic rings. The number of hydrogen-bond acceptors (Lipinski definition) is 4. The van der Waals surface area contributed by atoms with E-state index in [-0.39, 0.29) is 6.79 Å². The maximum absolute atomic E-state index is 5.33. The van der Waals surface area contributed by atoms with Gasteiger partial charge in [-0.1, -0.05) is 6.07 Å². The molecule has 0 amide bonds. The van der Waals surface area contributed by atoms with Gasteiger partial charge in [0, 0.05) is 36.6 Å². The molecule has 21 heavy (non-hydrogen) atoms. The lowest BCUT2D eigenvalue weighted by Gasteiger charge is -2.10. The Morgan fingerprint density at radius 1 is 1.19 bits per heavy atom. The van der Waals surface area contributed by atoms with Gasteiger partial charge < -0.3 is 20.1 Å². The highest BCUT2D eigenvalue weighted by atomic mass is 32.1. The summed E-state index contributed by atoms with van der Waals surface area (Å²) < 4.78 is 10.6. The van der Waals surface area contributed by atoms with Crippen molar-refractivity contribution in [2.24, 2.45) is 0 Å². The Kier molecular flexibility index (Phi) is 4.16. The molecule has 2 heterocycles. The lowest BCUT2D eigenvalue weighted by molar-refractivity contribution is 0.174. The van der Waals surface area contributed by atoms with Gasteiger partial charge in [-0.05, 0) is 36.5 Å². The number of fused-ring (bicyclic) bond motifs is 1. The molecule has 0 radical (unpaired) electrons. The maximum atomic E-state index is 5.33. The number of rotatable bonds is 4. The molecule has 1 aromatic heterocycles. The summed E-state index contributed by atoms with van der Waals surface area (Å²) in [5.74, 6) is 1.49. The van der Waals surface area contributed by atoms with Crippen LogP contribution in [-0.2, 0) is 6.42 Å². The first-order valence-corrected chi connectivity index (χ1v) is 7.06. The number of ether oxygens (including phenoxy) is 2. The van der Waals surface area contributed by atoms with Crippen LogP contribution in [0.3, 0.4) is 0 Å². The van der Waals surface area contributed by atoms with E-state index in [9.17, 15) is 0 Å². The molecule has 0 unspecified atom stereocenters. The number of hydrogen-bond donors (Lipinski definition) is 2. The van der Waals surface area contributed by atoms with Crippen molar-refractivity contribution in [2.75, 3.05) is 18.7 Å². The minimum Gasteiger partial charge on any atom is -0.454 e. The first kappa shape index (κ1) is 13.6. The molecule has 0 saturated heterocycles. The van der Waals surface area contributed by atoms with Gasteiger partial charge in [0.2, 0.25) is 6.79 Å². The summed E-state index contributed by atoms with van der Waals surface area (Å²) in [7, 11) is 0. The van der Waals surface area contributed by atoms with E-state index < -0.39 is 0 Å². The molecule has 0 aliphatic carbocycles. The van der Waals surface area contributed by atoms with Gasteiger partial charge in [-0.2, -0.15) is 0 Å². The molecule has 5 nitrogen and oxygen atoms in total. The Morgan fingerprint density at radius 2 is 2.10 bits per heavy atom. The van der Waals surface area contributed by atoms with Crippen molar-refractivity contribution in [1.82, 2.24) is 10.3 Å². The number of anilines is 1. The van der Waals surface area contributed by atoms with Gasteiger partial charge >= 0.3 is 0 Å². The molecule has 6 heteroatoms. The Morgan fingerprint density at radius 3 is 2.95 bits per heavy atom. The zero-order chi connectivity index (χ0) is 14.5. The van der Waals surface area contributed by atoms with E-state index in [0.29, 0.717) is 5.11 Å². The van der Waals surface area contributed by atoms with Crippen LogP contribution in [0.4, 0.5) is 5.69 Å². The van der Waals surface area contributed by atoms with Gasteiger partial charge in [-0.25, -0.2) is 0 Å². The van der Waals surface area contributed by atoms with Gasteiger partial charge in [-0.3, -0.25) is 4.98 Å². The molecule has 0 bridgehead atoms. The molecule has 1 aromatic carbocycles. The number of nitrogens with zero attached hydrogens (tertiary/aromatic N) is 1. The summed E-state index contributed by atoms with van der Waals surface area (Å²) in [6.07, 6.45) is 2.61. The minimum absolute atomic E-state index is 0.269. The smallest absolute Gasteiger partial charge is 0.231 e. The average molecular weight is 301 g/mol. The van der Waals surface area contributed by atoms with Crippen LogP contribution in [0.15, 0.2) is 42.6 Å². The molecule has 108 valence electrons. The molecule has 0 spiro atoms. The number of nitrogens with one attached hydrogen (secondary N) is 2. The van der Waals surface area contributed by atoms with Crippen molar-refractivity contribution in [3.63, 3.8) is 0 Å². The fourth-order valence-electron chi connectivity index (χ4n) is 2.00. The second-order valence-corrected chi connectivity index (χ2v) is 4.93. The summed E-state index contributed by atoms with van der Waals surface area (Å²) in [5, 5.41) is 6.85. The Hall–Kier alpha value is -2.34. The summed E-state index contributed by atoms with van der Waals surface area (Å²) in [5.41, 5.74) is 1.91. The van der Waals surface area contributed by atoms with Crippen LogP contribution in [0, 0.1) is 0 Å². The lowest BCUT2D eigenvalue weighted by atomic mass is 10.2. The second-order valence-electron chi connectivity index (χ2n) is 4.52. The third-order valence-corrected chi connectivity index (χ3v) is 3.27. The van der Waals surface area contributed by atoms with E-state index >= 15 is 0 Å². The number of pyridine rings is 1. The third-order valence-electron chi connectivity index (χ3n) is 3.02. The van der Waals surface area contributed by atoms with Crippen molar-refractivity contribution in [1.29, 1.82) is 0 Å². The second kappa shape index (κ2) is 6.41. The van der Waals surface area contributed by atoms with Crippen molar-refractivity contribution in [2.45, 2.75) is 6.42 Å². The van der Waals surface area contributed by atoms with E-state index in [2.05, 4.69) is 15.6 Å². The summed E-state index contributed by atoms with van der Waals surface area (Å²) >= 11 is 5.26. The van der Waals surface area contributed by atoms with Crippen LogP contribution in [0.2, 0.25) is 0 Å². The zero-order valence-electron chi connectivity index (χ0n) is 11.3. The highest BCUT2D eigenvalue weighted by Gasteiger charge is 2.13. The Labute approximate surface area is 128 Å². The topological polar surface area (TPSA) is 55.4 Å². The summed E-state index contributed by atoms with van der Waals surface area (Å²) in [6.45, 7) is 0.999. The summed E-state index contributed by atoms with van der Waals surface area (Å²) in [6, 6.07) is 11.5. The van der Waals surface area contributed by atoms with Crippen molar-refractivity contribution in [3.05, 3.63) is 48.3 Å². The van der Waals surface area contributed by atoms with Gasteiger partial charge in [0.1, 0.15) is 0 Å². The van der Waals surface area contributed by atoms with Gasteiger partial charge in [0.05, 0.1) is 0 Å². The predicted octanol–water partition coefficient (Wildman–Crippen LogP) is 2.34. The largest absolute Gasteiger partial charge is 0.454 e. The van der Waals surface area contributed by atoms with Crippen LogP contribution in [0.25, 0.3) is 0 Å². The molecule has 0 atom stereocenters. The van der Waals surface area contributed by atoms with E-state index in [0.717, 1.165) is 35.8 Å². The number of benzene rings is 1. The molecule has 0 fully saturated rings. The van der Waals surface area contributed by atoms with Crippen LogP contribution in [0.5, 0.6) is 11.5 Å². The Bertz CT molecular complexity index is 634. The minimum atomic E-state index is 0.269. The highest BCUT2D eigenvalue weighted by molar-refractivity contribution is 7.80. The maximum Gasteiger partial charge on any atom is 0.231 e. The van der Waals surface area contributed by atoms with Crippen LogP contribution in [-0.4, -0.2) is 23.4 Å². The standard InChI is InChI=1S/C15H15N3O2S/c21-15(17-8-6-11-3-1-2-7-16-11)18-12-4-5-13-14(9-12)20-10-19-13/h1-5,7,9H,6,8,10H2,(H2,17,18,21). The summed E-state index contributed by atoms with van der Waals surface area (Å²) in [4.78, 5) is 4.26. The molecule has 2 N–H and O–H groups in total. The SMILES string of the molecule is S=C(NCCc1ccccn1)Nc1ccc2c(c1)OCO2. The van der Waals surface area contributed by atoms with E-state index in [1.807, 2.05) is 36.4 Å². The zero-order valence-corrected chi connectivity index (χ0v) is 12.2. The fourth-order valence-corrected chi connectivity index (χ4v) is 2.22. The van der Waals surface area contributed by atoms with Gasteiger partial charge in [0.25, 0.3) is 0 Å². The third kappa shape index (κ3) is 3.61. The van der Waals surface area contributed by atoms with Crippen molar-refractivity contribution in [3.8, 4) is 11.5 Å². The van der Waals surface area contributed by atoms with Crippen LogP contribution < -0.4 is 20.1 Å². The average Bonchev–Trinajstić information content (AvgIpc) is 2.96. The van der Waals surface area contributed by atoms with Gasteiger partial charge in [0.15, 0.2) is 16.6 Å². The fraction of sp³-hybridized carbons (Fsp3) is 0.200. The van der Waals surface area contributed by atoms with Crippen LogP contribution in [0.1, 0.15) is 5.69 Å². The lowest BCUT2D eigenvalue weighted by Crippen LogP contribution is -2.30. The molecular weight excluding hydrogens is 286 g/mol. The van der Waals surface area contributed by atoms with Crippen LogP contribution >= 0.6 is 12.2 Å². The van der Waals surface area contributed by atoms with Crippen molar-refractivity contribution < 1.29 is 9.47 Å². The molecular formula is C15H15N3O2S. The highest BCUT2D eigenvalue weighted by Crippen LogP contribution is 2.34. The van der Waals surface area contributed by atoms with E-state index in [1.54, 1.807) is 6.20 Å². The quantitative estimate of drug-likeness (QED) is 0.846. The van der Waals surface area contributed by atoms with E-state index in [4.69, 9.17) is 21.7 Å².